The molecule has 0 amide bonds. The van der Waals surface area contributed by atoms with Gasteiger partial charge in [0.05, 0.1) is 17.1 Å². The highest BCUT2D eigenvalue weighted by Gasteiger charge is 2.37. The van der Waals surface area contributed by atoms with Gasteiger partial charge in [-0.25, -0.2) is 9.59 Å². The van der Waals surface area contributed by atoms with Crippen LogP contribution in [0.15, 0.2) is 83.2 Å². The van der Waals surface area contributed by atoms with Crippen LogP contribution < -0.4 is 5.32 Å². The highest BCUT2D eigenvalue weighted by molar-refractivity contribution is 14.1. The molecule has 0 aliphatic carbocycles. The Hall–Kier alpha value is -2.87. The van der Waals surface area contributed by atoms with Gasteiger partial charge in [0.15, 0.2) is 0 Å². The van der Waals surface area contributed by atoms with E-state index in [1.54, 1.807) is 19.9 Å². The summed E-state index contributed by atoms with van der Waals surface area (Å²) in [5.74, 6) is -2.30. The van der Waals surface area contributed by atoms with Crippen LogP contribution in [0.4, 0.5) is 0 Å². The van der Waals surface area contributed by atoms with Crippen LogP contribution in [-0.4, -0.2) is 23.7 Å². The van der Waals surface area contributed by atoms with Crippen molar-refractivity contribution in [2.24, 2.45) is 0 Å². The predicted octanol–water partition coefficient (Wildman–Crippen LogP) is 4.87. The molecule has 154 valence electrons. The topological polar surface area (TPSA) is 75.6 Å². The first-order valence-electron chi connectivity index (χ1n) is 9.44. The number of hydrogen-bond acceptors (Lipinski definition) is 4. The molecule has 0 spiro atoms. The predicted molar refractivity (Wildman–Crippen MR) is 125 cm³/mol. The van der Waals surface area contributed by atoms with Crippen LogP contribution in [0.1, 0.15) is 30.9 Å². The first kappa shape index (κ1) is 21.8. The number of benzene rings is 2. The molecule has 5 nitrogen and oxygen atoms in total. The zero-order valence-electron chi connectivity index (χ0n) is 16.7. The third-order valence-corrected chi connectivity index (χ3v) is 5.48. The molecule has 2 N–H and O–H groups in total. The van der Waals surface area contributed by atoms with E-state index < -0.39 is 17.9 Å². The Bertz CT molecular complexity index is 1050. The molecule has 1 aliphatic rings. The number of nitrogens with one attached hydrogen (secondary N) is 1. The van der Waals surface area contributed by atoms with Crippen LogP contribution in [0.5, 0.6) is 0 Å². The van der Waals surface area contributed by atoms with Crippen molar-refractivity contribution in [3.05, 3.63) is 97.9 Å². The Morgan fingerprint density at radius 1 is 1.07 bits per heavy atom. The van der Waals surface area contributed by atoms with Crippen LogP contribution in [0.3, 0.4) is 0 Å². The highest BCUT2D eigenvalue weighted by atomic mass is 127. The maximum atomic E-state index is 13.0. The summed E-state index contributed by atoms with van der Waals surface area (Å²) < 4.78 is 6.44. The molecule has 0 saturated carbocycles. The SMILES string of the molecule is CC1=C(C(=O)O)C(c2cccc(I)c2)C(C(=O)OC/C=C/c2ccccc2)=C(C)N1. The van der Waals surface area contributed by atoms with Gasteiger partial charge in [0.2, 0.25) is 0 Å². The highest BCUT2D eigenvalue weighted by Crippen LogP contribution is 2.39. The molecule has 0 fully saturated rings. The number of hydrogen-bond donors (Lipinski definition) is 2. The Labute approximate surface area is 189 Å². The zero-order chi connectivity index (χ0) is 21.7. The number of halogens is 1. The van der Waals surface area contributed by atoms with E-state index >= 15 is 0 Å². The van der Waals surface area contributed by atoms with E-state index in [0.29, 0.717) is 17.0 Å². The van der Waals surface area contributed by atoms with Crippen LogP contribution in [0.25, 0.3) is 6.08 Å². The zero-order valence-corrected chi connectivity index (χ0v) is 18.8. The molecule has 2 aromatic carbocycles. The van der Waals surface area contributed by atoms with Gasteiger partial charge in [-0.2, -0.15) is 0 Å². The summed E-state index contributed by atoms with van der Waals surface area (Å²) in [6.07, 6.45) is 3.64. The summed E-state index contributed by atoms with van der Waals surface area (Å²) in [4.78, 5) is 25.0. The monoisotopic (exact) mass is 515 g/mol. The maximum absolute atomic E-state index is 13.0. The van der Waals surface area contributed by atoms with Gasteiger partial charge in [-0.3, -0.25) is 0 Å². The summed E-state index contributed by atoms with van der Waals surface area (Å²) in [6.45, 7) is 3.56. The fourth-order valence-corrected chi connectivity index (χ4v) is 4.08. The van der Waals surface area contributed by atoms with Crippen LogP contribution in [-0.2, 0) is 14.3 Å². The van der Waals surface area contributed by atoms with Crippen molar-refractivity contribution in [1.82, 2.24) is 5.32 Å². The third kappa shape index (κ3) is 4.99. The molecule has 3 rings (SSSR count). The number of esters is 1. The molecule has 0 aromatic heterocycles. The third-order valence-electron chi connectivity index (χ3n) is 4.81. The maximum Gasteiger partial charge on any atom is 0.337 e. The number of rotatable bonds is 6. The molecule has 1 heterocycles. The van der Waals surface area contributed by atoms with Gasteiger partial charge in [-0.15, -0.1) is 0 Å². The minimum atomic E-state index is -1.06. The molecular formula is C24H22INO4. The van der Waals surface area contributed by atoms with E-state index in [9.17, 15) is 14.7 Å². The average molecular weight is 515 g/mol. The molecular weight excluding hydrogens is 493 g/mol. The quantitative estimate of drug-likeness (QED) is 0.425. The first-order chi connectivity index (χ1) is 14.4. The lowest BCUT2D eigenvalue weighted by Crippen LogP contribution is -2.31. The lowest BCUT2D eigenvalue weighted by atomic mass is 9.80. The standard InChI is InChI=1S/C24H22INO4/c1-15-20(23(27)28)22(18-11-6-12-19(25)14-18)21(16(2)26-15)24(29)30-13-7-10-17-8-4-3-5-9-17/h3-12,14,22,26H,13H2,1-2H3,(H,27,28)/b10-7+. The lowest BCUT2D eigenvalue weighted by molar-refractivity contribution is -0.138. The van der Waals surface area contributed by atoms with Crippen LogP contribution in [0.2, 0.25) is 0 Å². The normalized spacial score (nSPS) is 16.6. The van der Waals surface area contributed by atoms with Gasteiger partial charge >= 0.3 is 11.9 Å². The fraction of sp³-hybridized carbons (Fsp3) is 0.167. The molecule has 0 bridgehead atoms. The number of dihydropyridines is 1. The van der Waals surface area contributed by atoms with E-state index in [1.807, 2.05) is 60.7 Å². The van der Waals surface area contributed by atoms with Gasteiger partial charge in [0.25, 0.3) is 0 Å². The Balaban J connectivity index is 1.88. The molecule has 1 unspecified atom stereocenters. The number of carboxylic acid groups (broad SMARTS) is 1. The first-order valence-corrected chi connectivity index (χ1v) is 10.5. The van der Waals surface area contributed by atoms with Gasteiger partial charge in [-0.1, -0.05) is 48.5 Å². The van der Waals surface area contributed by atoms with Gasteiger partial charge < -0.3 is 15.2 Å². The van der Waals surface area contributed by atoms with Crippen molar-refractivity contribution in [3.8, 4) is 0 Å². The largest absolute Gasteiger partial charge is 0.478 e. The Kier molecular flexibility index (Phi) is 7.10. The second-order valence-corrected chi connectivity index (χ2v) is 8.15. The van der Waals surface area contributed by atoms with Crippen LogP contribution >= 0.6 is 22.6 Å². The van der Waals surface area contributed by atoms with E-state index in [1.165, 1.54) is 0 Å². The van der Waals surface area contributed by atoms with Gasteiger partial charge in [0, 0.05) is 15.0 Å². The molecule has 0 saturated heterocycles. The number of carbonyl (C=O) groups excluding carboxylic acids is 1. The van der Waals surface area contributed by atoms with Crippen molar-refractivity contribution < 1.29 is 19.4 Å². The number of allylic oxidation sites excluding steroid dienone is 2. The minimum absolute atomic E-state index is 0.0919. The molecule has 6 heteroatoms. The fourth-order valence-electron chi connectivity index (χ4n) is 3.52. The van der Waals surface area contributed by atoms with Crippen molar-refractivity contribution in [3.63, 3.8) is 0 Å². The summed E-state index contributed by atoms with van der Waals surface area (Å²) in [6, 6.07) is 17.2. The average Bonchev–Trinajstić information content (AvgIpc) is 2.71. The smallest absolute Gasteiger partial charge is 0.337 e. The van der Waals surface area contributed by atoms with E-state index in [0.717, 1.165) is 14.7 Å². The summed E-state index contributed by atoms with van der Waals surface area (Å²) in [5.41, 5.74) is 3.32. The molecule has 1 aliphatic heterocycles. The van der Waals surface area contributed by atoms with E-state index in [4.69, 9.17) is 4.74 Å². The number of aliphatic carboxylic acids is 1. The summed E-state index contributed by atoms with van der Waals surface area (Å²) in [5, 5.41) is 12.9. The Morgan fingerprint density at radius 2 is 1.77 bits per heavy atom. The van der Waals surface area contributed by atoms with E-state index in [2.05, 4.69) is 27.9 Å². The number of ether oxygens (including phenoxy) is 1. The minimum Gasteiger partial charge on any atom is -0.478 e. The van der Waals surface area contributed by atoms with Gasteiger partial charge in [0.1, 0.15) is 6.61 Å². The second kappa shape index (κ2) is 9.75. The molecule has 30 heavy (non-hydrogen) atoms. The van der Waals surface area contributed by atoms with Crippen molar-refractivity contribution in [2.75, 3.05) is 6.61 Å². The Morgan fingerprint density at radius 3 is 2.43 bits per heavy atom. The molecule has 1 atom stereocenters. The van der Waals surface area contributed by atoms with Crippen LogP contribution in [0, 0.1) is 3.57 Å². The van der Waals surface area contributed by atoms with Crippen molar-refractivity contribution in [2.45, 2.75) is 19.8 Å². The summed E-state index contributed by atoms with van der Waals surface area (Å²) >= 11 is 2.17. The van der Waals surface area contributed by atoms with Crippen molar-refractivity contribution in [1.29, 1.82) is 0 Å². The molecule has 0 radical (unpaired) electrons. The molecule has 2 aromatic rings. The van der Waals surface area contributed by atoms with Gasteiger partial charge in [-0.05, 0) is 65.8 Å². The van der Waals surface area contributed by atoms with Crippen molar-refractivity contribution >= 4 is 40.6 Å². The lowest BCUT2D eigenvalue weighted by Gasteiger charge is -2.29. The van der Waals surface area contributed by atoms with E-state index in [-0.39, 0.29) is 12.2 Å². The second-order valence-electron chi connectivity index (χ2n) is 6.91. The number of carbonyl (C=O) groups is 2. The number of carboxylic acids is 1. The summed E-state index contributed by atoms with van der Waals surface area (Å²) in [7, 11) is 0.